The Kier molecular flexibility index (Phi) is 4.50. The topological polar surface area (TPSA) is 38.8 Å². The van der Waals surface area contributed by atoms with Crippen LogP contribution < -0.4 is 0 Å². The van der Waals surface area contributed by atoms with E-state index >= 15 is 0 Å². The van der Waals surface area contributed by atoms with Crippen LogP contribution in [-0.2, 0) is 14.3 Å². The second-order valence-electron chi connectivity index (χ2n) is 7.54. The molecule has 0 N–H and O–H groups in total. The molecule has 0 bridgehead atoms. The molecule has 0 aromatic carbocycles. The van der Waals surface area contributed by atoms with E-state index < -0.39 is 0 Å². The van der Waals surface area contributed by atoms with Crippen molar-refractivity contribution in [2.24, 2.45) is 0 Å². The van der Waals surface area contributed by atoms with E-state index in [1.165, 1.54) is 11.1 Å². The van der Waals surface area contributed by atoms with Crippen LogP contribution in [0.3, 0.4) is 0 Å². The number of rotatable bonds is 0. The van der Waals surface area contributed by atoms with Gasteiger partial charge in [-0.25, -0.2) is 4.79 Å². The van der Waals surface area contributed by atoms with Crippen LogP contribution in [0.25, 0.3) is 0 Å². The SMILES string of the molecule is CC1=C2CC/C(C)=C/CC[C@@]3(C)O[C@@H]3CC/C(C)=C/[C@@H]2OC1=O. The fourth-order valence-corrected chi connectivity index (χ4v) is 3.70. The quantitative estimate of drug-likeness (QED) is 0.371. The fourth-order valence-electron chi connectivity index (χ4n) is 3.70. The molecule has 0 spiro atoms. The van der Waals surface area contributed by atoms with E-state index in [2.05, 4.69) is 32.9 Å². The molecule has 3 nitrogen and oxygen atoms in total. The number of fused-ring (bicyclic) bond motifs is 2. The molecule has 0 radical (unpaired) electrons. The Labute approximate surface area is 139 Å². The lowest BCUT2D eigenvalue weighted by atomic mass is 9.93. The minimum Gasteiger partial charge on any atom is -0.450 e. The largest absolute Gasteiger partial charge is 0.450 e. The van der Waals surface area contributed by atoms with Gasteiger partial charge >= 0.3 is 5.97 Å². The molecule has 3 rings (SSSR count). The van der Waals surface area contributed by atoms with E-state index in [9.17, 15) is 4.79 Å². The third-order valence-corrected chi connectivity index (χ3v) is 5.56. The van der Waals surface area contributed by atoms with Crippen molar-refractivity contribution in [2.75, 3.05) is 0 Å². The van der Waals surface area contributed by atoms with Gasteiger partial charge in [-0.3, -0.25) is 0 Å². The summed E-state index contributed by atoms with van der Waals surface area (Å²) in [6.07, 6.45) is 10.8. The average Bonchev–Trinajstić information content (AvgIpc) is 3.06. The van der Waals surface area contributed by atoms with Gasteiger partial charge in [0.2, 0.25) is 0 Å². The van der Waals surface area contributed by atoms with Gasteiger partial charge in [-0.1, -0.05) is 17.2 Å². The predicted octanol–water partition coefficient (Wildman–Crippen LogP) is 4.63. The normalized spacial score (nSPS) is 40.1. The van der Waals surface area contributed by atoms with Crippen LogP contribution in [0.4, 0.5) is 0 Å². The Hall–Kier alpha value is -1.35. The molecular weight excluding hydrogens is 288 g/mol. The van der Waals surface area contributed by atoms with Gasteiger partial charge < -0.3 is 9.47 Å². The van der Waals surface area contributed by atoms with E-state index in [0.717, 1.165) is 49.7 Å². The summed E-state index contributed by atoms with van der Waals surface area (Å²) in [6, 6.07) is 0. The van der Waals surface area contributed by atoms with Crippen LogP contribution in [-0.4, -0.2) is 23.8 Å². The molecule has 0 amide bonds. The molecule has 23 heavy (non-hydrogen) atoms. The zero-order valence-corrected chi connectivity index (χ0v) is 14.8. The summed E-state index contributed by atoms with van der Waals surface area (Å²) >= 11 is 0. The molecule has 1 aliphatic carbocycles. The minimum atomic E-state index is -0.162. The highest BCUT2D eigenvalue weighted by molar-refractivity contribution is 5.92. The van der Waals surface area contributed by atoms with Crippen molar-refractivity contribution in [2.45, 2.75) is 84.0 Å². The van der Waals surface area contributed by atoms with Crippen LogP contribution in [0, 0.1) is 0 Å². The zero-order valence-electron chi connectivity index (χ0n) is 14.8. The maximum Gasteiger partial charge on any atom is 0.334 e. The smallest absolute Gasteiger partial charge is 0.334 e. The summed E-state index contributed by atoms with van der Waals surface area (Å²) < 4.78 is 11.5. The fraction of sp³-hybridized carbons (Fsp3) is 0.650. The number of epoxide rings is 1. The Morgan fingerprint density at radius 1 is 1.13 bits per heavy atom. The monoisotopic (exact) mass is 316 g/mol. The van der Waals surface area contributed by atoms with Gasteiger partial charge in [-0.2, -0.15) is 0 Å². The van der Waals surface area contributed by atoms with Crippen molar-refractivity contribution in [3.63, 3.8) is 0 Å². The van der Waals surface area contributed by atoms with Crippen LogP contribution in [0.1, 0.15) is 66.2 Å². The van der Waals surface area contributed by atoms with Crippen LogP contribution in [0.15, 0.2) is 34.4 Å². The molecule has 0 aromatic heterocycles. The lowest BCUT2D eigenvalue weighted by Crippen LogP contribution is -2.11. The van der Waals surface area contributed by atoms with Gasteiger partial charge in [-0.05, 0) is 77.9 Å². The highest BCUT2D eigenvalue weighted by atomic mass is 16.6. The van der Waals surface area contributed by atoms with Gasteiger partial charge in [0.05, 0.1) is 11.7 Å². The van der Waals surface area contributed by atoms with Crippen molar-refractivity contribution >= 4 is 5.97 Å². The number of ether oxygens (including phenoxy) is 2. The molecule has 2 aliphatic heterocycles. The van der Waals surface area contributed by atoms with Crippen molar-refractivity contribution in [3.8, 4) is 0 Å². The summed E-state index contributed by atoms with van der Waals surface area (Å²) in [7, 11) is 0. The van der Waals surface area contributed by atoms with Crippen LogP contribution in [0.5, 0.6) is 0 Å². The number of esters is 1. The maximum absolute atomic E-state index is 11.9. The molecule has 0 unspecified atom stereocenters. The first-order valence-electron chi connectivity index (χ1n) is 8.80. The van der Waals surface area contributed by atoms with Gasteiger partial charge in [0.25, 0.3) is 0 Å². The first kappa shape index (κ1) is 16.5. The molecule has 0 aromatic rings. The molecule has 0 saturated carbocycles. The molecular formula is C20H28O3. The van der Waals surface area contributed by atoms with E-state index in [-0.39, 0.29) is 17.7 Å². The Bertz CT molecular complexity index is 596. The van der Waals surface area contributed by atoms with Crippen LogP contribution in [0.2, 0.25) is 0 Å². The summed E-state index contributed by atoms with van der Waals surface area (Å²) in [4.78, 5) is 11.9. The summed E-state index contributed by atoms with van der Waals surface area (Å²) in [6.45, 7) is 8.44. The number of carbonyl (C=O) groups excluding carboxylic acids is 1. The molecule has 3 heteroatoms. The second-order valence-corrected chi connectivity index (χ2v) is 7.54. The first-order chi connectivity index (χ1) is 10.9. The van der Waals surface area contributed by atoms with E-state index in [4.69, 9.17) is 9.47 Å². The summed E-state index contributed by atoms with van der Waals surface area (Å²) in [5, 5.41) is 0. The summed E-state index contributed by atoms with van der Waals surface area (Å²) in [5.74, 6) is -0.155. The molecule has 126 valence electrons. The predicted molar refractivity (Wildman–Crippen MR) is 91.1 cm³/mol. The van der Waals surface area contributed by atoms with E-state index in [1.54, 1.807) is 0 Å². The molecule has 3 aliphatic rings. The summed E-state index contributed by atoms with van der Waals surface area (Å²) in [5.41, 5.74) is 4.71. The zero-order chi connectivity index (χ0) is 16.6. The minimum absolute atomic E-state index is 0.0721. The number of carbonyl (C=O) groups is 1. The van der Waals surface area contributed by atoms with Crippen LogP contribution >= 0.6 is 0 Å². The van der Waals surface area contributed by atoms with Crippen molar-refractivity contribution in [1.82, 2.24) is 0 Å². The standard InChI is InChI=1S/C20H28O3/c1-13-6-5-11-20(4)18(23-20)10-8-14(2)12-17-16(9-7-13)15(3)19(21)22-17/h6,12,17-18H,5,7-11H2,1-4H3/b13-6+,14-12+/t17-,18+,20+/m0/s1. The Morgan fingerprint density at radius 2 is 1.91 bits per heavy atom. The second kappa shape index (κ2) is 6.27. The number of hydrogen-bond acceptors (Lipinski definition) is 3. The number of allylic oxidation sites excluding steroid dienone is 3. The molecule has 1 fully saturated rings. The number of hydrogen-bond donors (Lipinski definition) is 0. The van der Waals surface area contributed by atoms with E-state index in [1.807, 2.05) is 6.92 Å². The lowest BCUT2D eigenvalue weighted by molar-refractivity contribution is -0.138. The average molecular weight is 316 g/mol. The Morgan fingerprint density at radius 3 is 2.70 bits per heavy atom. The van der Waals surface area contributed by atoms with Crippen molar-refractivity contribution in [3.05, 3.63) is 34.4 Å². The molecule has 2 heterocycles. The third-order valence-electron chi connectivity index (χ3n) is 5.56. The lowest BCUT2D eigenvalue weighted by Gasteiger charge is -2.13. The van der Waals surface area contributed by atoms with Gasteiger partial charge in [0.1, 0.15) is 6.10 Å². The highest BCUT2D eigenvalue weighted by Gasteiger charge is 2.50. The third kappa shape index (κ3) is 3.60. The molecule has 1 saturated heterocycles. The van der Waals surface area contributed by atoms with Crippen molar-refractivity contribution in [1.29, 1.82) is 0 Å². The highest BCUT2D eigenvalue weighted by Crippen LogP contribution is 2.44. The van der Waals surface area contributed by atoms with Gasteiger partial charge in [-0.15, -0.1) is 0 Å². The van der Waals surface area contributed by atoms with Crippen molar-refractivity contribution < 1.29 is 14.3 Å². The Balaban J connectivity index is 1.80. The first-order valence-corrected chi connectivity index (χ1v) is 8.80. The van der Waals surface area contributed by atoms with E-state index in [0.29, 0.717) is 6.10 Å². The van der Waals surface area contributed by atoms with Gasteiger partial charge in [0, 0.05) is 5.57 Å². The van der Waals surface area contributed by atoms with Gasteiger partial charge in [0.15, 0.2) is 0 Å². The maximum atomic E-state index is 11.9. The molecule has 3 atom stereocenters.